The molecule has 4 nitrogen and oxygen atoms in total. The van der Waals surface area contributed by atoms with Crippen molar-refractivity contribution in [1.29, 1.82) is 0 Å². The molecule has 1 aliphatic carbocycles. The van der Waals surface area contributed by atoms with Crippen LogP contribution in [0.4, 0.5) is 0 Å². The molecule has 0 amide bonds. The molecule has 0 N–H and O–H groups in total. The number of nitrogens with zero attached hydrogens (tertiary/aromatic N) is 3. The van der Waals surface area contributed by atoms with Gasteiger partial charge in [0.15, 0.2) is 0 Å². The minimum atomic E-state index is 0.102. The molecule has 4 heteroatoms. The van der Waals surface area contributed by atoms with Crippen molar-refractivity contribution in [3.63, 3.8) is 0 Å². The van der Waals surface area contributed by atoms with Crippen molar-refractivity contribution in [3.8, 4) is 0 Å². The summed E-state index contributed by atoms with van der Waals surface area (Å²) in [6.45, 7) is 1.85. The lowest BCUT2D eigenvalue weighted by Crippen LogP contribution is -2.40. The van der Waals surface area contributed by atoms with Gasteiger partial charge < -0.3 is 4.79 Å². The van der Waals surface area contributed by atoms with Crippen LogP contribution in [0.2, 0.25) is 0 Å². The fourth-order valence-electron chi connectivity index (χ4n) is 3.41. The maximum Gasteiger partial charge on any atom is 0.137 e. The van der Waals surface area contributed by atoms with Gasteiger partial charge in [0.1, 0.15) is 6.29 Å². The Labute approximate surface area is 114 Å². The van der Waals surface area contributed by atoms with Gasteiger partial charge in [0.05, 0.1) is 17.8 Å². The van der Waals surface area contributed by atoms with Crippen molar-refractivity contribution < 1.29 is 4.79 Å². The van der Waals surface area contributed by atoms with Gasteiger partial charge in [0.25, 0.3) is 0 Å². The van der Waals surface area contributed by atoms with Gasteiger partial charge in [-0.25, -0.2) is 0 Å². The smallest absolute Gasteiger partial charge is 0.137 e. The summed E-state index contributed by atoms with van der Waals surface area (Å²) in [5, 5.41) is 4.71. The molecule has 1 atom stereocenters. The molecular formula is C15H23N3O. The maximum atomic E-state index is 11.1. The fraction of sp³-hybridized carbons (Fsp3) is 0.733. The monoisotopic (exact) mass is 261 g/mol. The molecule has 1 saturated heterocycles. The van der Waals surface area contributed by atoms with Crippen LogP contribution in [0.1, 0.15) is 56.7 Å². The van der Waals surface area contributed by atoms with Crippen molar-refractivity contribution >= 4 is 6.29 Å². The summed E-state index contributed by atoms with van der Waals surface area (Å²) in [6.07, 6.45) is 11.8. The van der Waals surface area contributed by atoms with E-state index in [0.29, 0.717) is 6.04 Å². The minimum absolute atomic E-state index is 0.102. The standard InChI is InChI=1S/C15H23N3O/c19-12-15-7-3-4-9-17(15)11-13-8-10-18(16-13)14-5-1-2-6-14/h8,10,12,14-15H,1-7,9,11H2. The van der Waals surface area contributed by atoms with Crippen LogP contribution >= 0.6 is 0 Å². The van der Waals surface area contributed by atoms with E-state index in [1.165, 1.54) is 38.5 Å². The first-order valence-electron chi connectivity index (χ1n) is 7.60. The third-order valence-electron chi connectivity index (χ3n) is 4.55. The van der Waals surface area contributed by atoms with Gasteiger partial charge in [0, 0.05) is 12.7 Å². The summed E-state index contributed by atoms with van der Waals surface area (Å²) >= 11 is 0. The topological polar surface area (TPSA) is 38.1 Å². The van der Waals surface area contributed by atoms with E-state index in [2.05, 4.69) is 21.8 Å². The molecule has 0 spiro atoms. The highest BCUT2D eigenvalue weighted by Crippen LogP contribution is 2.29. The fourth-order valence-corrected chi connectivity index (χ4v) is 3.41. The summed E-state index contributed by atoms with van der Waals surface area (Å²) in [5.74, 6) is 0. The van der Waals surface area contributed by atoms with Crippen LogP contribution in [-0.2, 0) is 11.3 Å². The van der Waals surface area contributed by atoms with Crippen molar-refractivity contribution in [2.45, 2.75) is 63.6 Å². The molecule has 2 aliphatic rings. The summed E-state index contributed by atoms with van der Waals surface area (Å²) in [7, 11) is 0. The normalized spacial score (nSPS) is 25.8. The van der Waals surface area contributed by atoms with Crippen LogP contribution < -0.4 is 0 Å². The van der Waals surface area contributed by atoms with Crippen LogP contribution in [0.25, 0.3) is 0 Å². The number of hydrogen-bond donors (Lipinski definition) is 0. The highest BCUT2D eigenvalue weighted by molar-refractivity contribution is 5.57. The van der Waals surface area contributed by atoms with Gasteiger partial charge in [-0.1, -0.05) is 19.3 Å². The van der Waals surface area contributed by atoms with Crippen LogP contribution in [-0.4, -0.2) is 33.6 Å². The lowest BCUT2D eigenvalue weighted by atomic mass is 10.0. The zero-order valence-corrected chi connectivity index (χ0v) is 11.5. The summed E-state index contributed by atoms with van der Waals surface area (Å²) < 4.78 is 2.14. The Balaban J connectivity index is 1.64. The van der Waals surface area contributed by atoms with Gasteiger partial charge in [-0.3, -0.25) is 9.58 Å². The van der Waals surface area contributed by atoms with Crippen molar-refractivity contribution in [2.24, 2.45) is 0 Å². The molecule has 2 heterocycles. The predicted octanol–water partition coefficient (Wildman–Crippen LogP) is 2.55. The molecular weight excluding hydrogens is 238 g/mol. The molecule has 1 aromatic heterocycles. The Morgan fingerprint density at radius 2 is 2.00 bits per heavy atom. The van der Waals surface area contributed by atoms with E-state index in [1.807, 2.05) is 0 Å². The van der Waals surface area contributed by atoms with Crippen molar-refractivity contribution in [1.82, 2.24) is 14.7 Å². The largest absolute Gasteiger partial charge is 0.302 e. The predicted molar refractivity (Wildman–Crippen MR) is 73.8 cm³/mol. The molecule has 0 bridgehead atoms. The SMILES string of the molecule is O=CC1CCCCN1Cc1ccn(C2CCCC2)n1. The summed E-state index contributed by atoms with van der Waals surface area (Å²) in [4.78, 5) is 13.4. The molecule has 19 heavy (non-hydrogen) atoms. The van der Waals surface area contributed by atoms with Crippen LogP contribution in [0, 0.1) is 0 Å². The van der Waals surface area contributed by atoms with Crippen LogP contribution in [0.5, 0.6) is 0 Å². The van der Waals surface area contributed by atoms with Gasteiger partial charge in [-0.05, 0) is 38.3 Å². The molecule has 0 aromatic carbocycles. The van der Waals surface area contributed by atoms with Crippen LogP contribution in [0.15, 0.2) is 12.3 Å². The molecule has 1 saturated carbocycles. The van der Waals surface area contributed by atoms with E-state index in [0.717, 1.165) is 31.5 Å². The first-order valence-corrected chi connectivity index (χ1v) is 7.60. The zero-order valence-electron chi connectivity index (χ0n) is 11.5. The first kappa shape index (κ1) is 12.9. The third-order valence-corrected chi connectivity index (χ3v) is 4.55. The second kappa shape index (κ2) is 5.87. The number of likely N-dealkylation sites (tertiary alicyclic amines) is 1. The summed E-state index contributed by atoms with van der Waals surface area (Å²) in [5.41, 5.74) is 1.11. The number of aromatic nitrogens is 2. The van der Waals surface area contributed by atoms with Crippen molar-refractivity contribution in [2.75, 3.05) is 6.54 Å². The zero-order chi connectivity index (χ0) is 13.1. The highest BCUT2D eigenvalue weighted by atomic mass is 16.1. The second-order valence-electron chi connectivity index (χ2n) is 5.90. The molecule has 1 unspecified atom stereocenters. The Morgan fingerprint density at radius 1 is 1.21 bits per heavy atom. The van der Waals surface area contributed by atoms with E-state index in [-0.39, 0.29) is 6.04 Å². The van der Waals surface area contributed by atoms with E-state index >= 15 is 0 Å². The Kier molecular flexibility index (Phi) is 3.97. The number of carbonyl (C=O) groups excluding carboxylic acids is 1. The van der Waals surface area contributed by atoms with E-state index < -0.39 is 0 Å². The quantitative estimate of drug-likeness (QED) is 0.782. The van der Waals surface area contributed by atoms with Gasteiger partial charge in [-0.2, -0.15) is 5.10 Å². The molecule has 0 radical (unpaired) electrons. The number of piperidine rings is 1. The highest BCUT2D eigenvalue weighted by Gasteiger charge is 2.23. The molecule has 3 rings (SSSR count). The molecule has 2 fully saturated rings. The van der Waals surface area contributed by atoms with E-state index in [1.54, 1.807) is 0 Å². The van der Waals surface area contributed by atoms with E-state index in [9.17, 15) is 4.79 Å². The van der Waals surface area contributed by atoms with E-state index in [4.69, 9.17) is 5.10 Å². The van der Waals surface area contributed by atoms with Gasteiger partial charge >= 0.3 is 0 Å². The number of aldehydes is 1. The first-order chi connectivity index (χ1) is 9.36. The van der Waals surface area contributed by atoms with Gasteiger partial charge in [0.2, 0.25) is 0 Å². The van der Waals surface area contributed by atoms with Gasteiger partial charge in [-0.15, -0.1) is 0 Å². The van der Waals surface area contributed by atoms with Crippen LogP contribution in [0.3, 0.4) is 0 Å². The second-order valence-corrected chi connectivity index (χ2v) is 5.90. The average Bonchev–Trinajstić information content (AvgIpc) is 3.09. The lowest BCUT2D eigenvalue weighted by molar-refractivity contribution is -0.113. The Bertz CT molecular complexity index is 423. The number of hydrogen-bond acceptors (Lipinski definition) is 3. The third kappa shape index (κ3) is 2.89. The number of carbonyl (C=O) groups is 1. The Morgan fingerprint density at radius 3 is 2.79 bits per heavy atom. The molecule has 1 aliphatic heterocycles. The Hall–Kier alpha value is -1.16. The summed E-state index contributed by atoms with van der Waals surface area (Å²) in [6, 6.07) is 2.83. The minimum Gasteiger partial charge on any atom is -0.302 e. The maximum absolute atomic E-state index is 11.1. The lowest BCUT2D eigenvalue weighted by Gasteiger charge is -2.31. The van der Waals surface area contributed by atoms with Crippen molar-refractivity contribution in [3.05, 3.63) is 18.0 Å². The average molecular weight is 261 g/mol. The molecule has 1 aromatic rings. The number of rotatable bonds is 4. The molecule has 104 valence electrons.